The summed E-state index contributed by atoms with van der Waals surface area (Å²) in [5, 5.41) is 0. The monoisotopic (exact) mass is 336 g/mol. The molecule has 0 saturated carbocycles. The van der Waals surface area contributed by atoms with Crippen LogP contribution in [0, 0.1) is 0 Å². The first kappa shape index (κ1) is 18.8. The van der Waals surface area contributed by atoms with Crippen molar-refractivity contribution in [2.45, 2.75) is 20.3 Å². The first-order valence-corrected chi connectivity index (χ1v) is 8.87. The number of nitrogens with zero attached hydrogens (tertiary/aromatic N) is 2. The zero-order valence-electron chi connectivity index (χ0n) is 15.7. The van der Waals surface area contributed by atoms with E-state index in [9.17, 15) is 4.79 Å². The number of allylic oxidation sites excluding steroid dienone is 1. The molecule has 0 radical (unpaired) electrons. The van der Waals surface area contributed by atoms with Gasteiger partial charge in [-0.15, -0.1) is 0 Å². The van der Waals surface area contributed by atoms with Crippen molar-refractivity contribution < 1.29 is 4.79 Å². The summed E-state index contributed by atoms with van der Waals surface area (Å²) >= 11 is 0. The second kappa shape index (κ2) is 9.07. The van der Waals surface area contributed by atoms with Gasteiger partial charge in [0.15, 0.2) is 0 Å². The topological polar surface area (TPSA) is 23.6 Å². The highest BCUT2D eigenvalue weighted by atomic mass is 16.2. The first-order valence-electron chi connectivity index (χ1n) is 8.87. The number of benzene rings is 2. The van der Waals surface area contributed by atoms with Gasteiger partial charge in [0.2, 0.25) is 0 Å². The zero-order chi connectivity index (χ0) is 18.2. The molecule has 0 bridgehead atoms. The summed E-state index contributed by atoms with van der Waals surface area (Å²) in [5.41, 5.74) is 4.36. The summed E-state index contributed by atoms with van der Waals surface area (Å²) in [6.07, 6.45) is 5.16. The second-order valence-corrected chi connectivity index (χ2v) is 6.27. The fraction of sp³-hybridized carbons (Fsp3) is 0.318. The van der Waals surface area contributed by atoms with Crippen LogP contribution in [0.4, 0.5) is 5.69 Å². The van der Waals surface area contributed by atoms with E-state index in [1.54, 1.807) is 0 Å². The number of rotatable bonds is 7. The molecule has 0 aliphatic heterocycles. The molecule has 2 aromatic carbocycles. The molecule has 0 spiro atoms. The fourth-order valence-electron chi connectivity index (χ4n) is 2.69. The maximum absolute atomic E-state index is 12.3. The molecule has 0 aliphatic carbocycles. The maximum Gasteiger partial charge on any atom is 0.253 e. The van der Waals surface area contributed by atoms with Gasteiger partial charge >= 0.3 is 0 Å². The molecular weight excluding hydrogens is 308 g/mol. The molecule has 2 rings (SSSR count). The summed E-state index contributed by atoms with van der Waals surface area (Å²) in [4.78, 5) is 16.2. The summed E-state index contributed by atoms with van der Waals surface area (Å²) < 4.78 is 0. The van der Waals surface area contributed by atoms with Gasteiger partial charge in [0, 0.05) is 38.4 Å². The van der Waals surface area contributed by atoms with Gasteiger partial charge in [0.05, 0.1) is 0 Å². The highest BCUT2D eigenvalue weighted by Gasteiger charge is 2.11. The minimum atomic E-state index is 0.0986. The number of carbonyl (C=O) groups is 1. The van der Waals surface area contributed by atoms with Crippen LogP contribution in [0.25, 0.3) is 6.08 Å². The lowest BCUT2D eigenvalue weighted by atomic mass is 10.1. The van der Waals surface area contributed by atoms with Crippen molar-refractivity contribution in [1.82, 2.24) is 4.90 Å². The van der Waals surface area contributed by atoms with E-state index in [-0.39, 0.29) is 5.91 Å². The molecule has 0 aliphatic rings. The molecule has 3 heteroatoms. The standard InChI is InChI=1S/C22H28N2O/c1-5-24(6-2)22(25)20-14-10-18(11-15-20)8-7-9-19-12-16-21(17-13-19)23(3)4/h7-8,10-17H,5-6,9H2,1-4H3/b8-7+. The van der Waals surface area contributed by atoms with Gasteiger partial charge in [-0.25, -0.2) is 0 Å². The van der Waals surface area contributed by atoms with E-state index < -0.39 is 0 Å². The van der Waals surface area contributed by atoms with E-state index >= 15 is 0 Å². The fourth-order valence-corrected chi connectivity index (χ4v) is 2.69. The first-order chi connectivity index (χ1) is 12.0. The molecule has 0 aromatic heterocycles. The lowest BCUT2D eigenvalue weighted by molar-refractivity contribution is 0.0773. The SMILES string of the molecule is CCN(CC)C(=O)c1ccc(/C=C/Cc2ccc(N(C)C)cc2)cc1. The largest absolute Gasteiger partial charge is 0.378 e. The quantitative estimate of drug-likeness (QED) is 0.744. The molecule has 0 heterocycles. The van der Waals surface area contributed by atoms with Crippen LogP contribution >= 0.6 is 0 Å². The van der Waals surface area contributed by atoms with Crippen LogP contribution in [0.3, 0.4) is 0 Å². The number of anilines is 1. The summed E-state index contributed by atoms with van der Waals surface area (Å²) in [6, 6.07) is 16.4. The Morgan fingerprint density at radius 1 is 0.920 bits per heavy atom. The summed E-state index contributed by atoms with van der Waals surface area (Å²) in [5.74, 6) is 0.0986. The number of hydrogen-bond acceptors (Lipinski definition) is 2. The van der Waals surface area contributed by atoms with Crippen molar-refractivity contribution in [3.8, 4) is 0 Å². The van der Waals surface area contributed by atoms with E-state index in [0.717, 1.165) is 30.6 Å². The van der Waals surface area contributed by atoms with Gasteiger partial charge in [-0.05, 0) is 55.7 Å². The normalized spacial score (nSPS) is 10.9. The Kier molecular flexibility index (Phi) is 6.81. The molecule has 1 amide bonds. The van der Waals surface area contributed by atoms with Gasteiger partial charge < -0.3 is 9.80 Å². The molecule has 0 atom stereocenters. The van der Waals surface area contributed by atoms with Crippen LogP contribution in [0.1, 0.15) is 35.3 Å². The van der Waals surface area contributed by atoms with Crippen molar-refractivity contribution >= 4 is 17.7 Å². The van der Waals surface area contributed by atoms with Gasteiger partial charge in [-0.1, -0.05) is 36.4 Å². The van der Waals surface area contributed by atoms with Crippen LogP contribution in [0.15, 0.2) is 54.6 Å². The summed E-state index contributed by atoms with van der Waals surface area (Å²) in [6.45, 7) is 5.49. The van der Waals surface area contributed by atoms with Crippen molar-refractivity contribution in [3.63, 3.8) is 0 Å². The van der Waals surface area contributed by atoms with E-state index in [4.69, 9.17) is 0 Å². The smallest absolute Gasteiger partial charge is 0.253 e. The van der Waals surface area contributed by atoms with Crippen molar-refractivity contribution in [1.29, 1.82) is 0 Å². The summed E-state index contributed by atoms with van der Waals surface area (Å²) in [7, 11) is 4.09. The highest BCUT2D eigenvalue weighted by molar-refractivity contribution is 5.94. The third-order valence-corrected chi connectivity index (χ3v) is 4.32. The number of hydrogen-bond donors (Lipinski definition) is 0. The van der Waals surface area contributed by atoms with E-state index in [0.29, 0.717) is 0 Å². The Bertz CT molecular complexity index is 696. The molecule has 0 N–H and O–H groups in total. The molecule has 3 nitrogen and oxygen atoms in total. The molecule has 0 saturated heterocycles. The minimum absolute atomic E-state index is 0.0986. The lowest BCUT2D eigenvalue weighted by Crippen LogP contribution is -2.30. The van der Waals surface area contributed by atoms with Crippen molar-refractivity contribution in [3.05, 3.63) is 71.3 Å². The molecule has 25 heavy (non-hydrogen) atoms. The predicted molar refractivity (Wildman–Crippen MR) is 107 cm³/mol. The van der Waals surface area contributed by atoms with Crippen LogP contribution in [-0.2, 0) is 6.42 Å². The average Bonchev–Trinajstić information content (AvgIpc) is 2.63. The van der Waals surface area contributed by atoms with Gasteiger partial charge in [-0.3, -0.25) is 4.79 Å². The maximum atomic E-state index is 12.3. The second-order valence-electron chi connectivity index (χ2n) is 6.27. The third kappa shape index (κ3) is 5.21. The third-order valence-electron chi connectivity index (χ3n) is 4.32. The van der Waals surface area contributed by atoms with Crippen molar-refractivity contribution in [2.24, 2.45) is 0 Å². The molecule has 132 valence electrons. The number of amides is 1. The highest BCUT2D eigenvalue weighted by Crippen LogP contribution is 2.14. The molecule has 0 fully saturated rings. The molecule has 0 unspecified atom stereocenters. The predicted octanol–water partition coefficient (Wildman–Crippen LogP) is 4.49. The van der Waals surface area contributed by atoms with E-state index in [1.165, 1.54) is 11.3 Å². The Morgan fingerprint density at radius 3 is 2.04 bits per heavy atom. The molecular formula is C22H28N2O. The lowest BCUT2D eigenvalue weighted by Gasteiger charge is -2.18. The van der Waals surface area contributed by atoms with Crippen molar-refractivity contribution in [2.75, 3.05) is 32.1 Å². The Labute approximate surface area is 151 Å². The van der Waals surface area contributed by atoms with Crippen LogP contribution in [0.2, 0.25) is 0 Å². The minimum Gasteiger partial charge on any atom is -0.378 e. The van der Waals surface area contributed by atoms with Gasteiger partial charge in [0.25, 0.3) is 5.91 Å². The Balaban J connectivity index is 1.96. The Hall–Kier alpha value is -2.55. The zero-order valence-corrected chi connectivity index (χ0v) is 15.7. The van der Waals surface area contributed by atoms with Crippen LogP contribution in [0.5, 0.6) is 0 Å². The molecule has 2 aromatic rings. The van der Waals surface area contributed by atoms with Gasteiger partial charge in [0.1, 0.15) is 0 Å². The van der Waals surface area contributed by atoms with Crippen LogP contribution < -0.4 is 4.90 Å². The average molecular weight is 336 g/mol. The Morgan fingerprint density at radius 2 is 1.52 bits per heavy atom. The number of carbonyl (C=O) groups excluding carboxylic acids is 1. The van der Waals surface area contributed by atoms with E-state index in [2.05, 4.69) is 41.3 Å². The van der Waals surface area contributed by atoms with Crippen LogP contribution in [-0.4, -0.2) is 38.0 Å². The van der Waals surface area contributed by atoms with Gasteiger partial charge in [-0.2, -0.15) is 0 Å². The van der Waals surface area contributed by atoms with E-state index in [1.807, 2.05) is 57.1 Å².